The summed E-state index contributed by atoms with van der Waals surface area (Å²) >= 11 is 1.52. The van der Waals surface area contributed by atoms with Crippen LogP contribution in [0.2, 0.25) is 0 Å². The van der Waals surface area contributed by atoms with Gasteiger partial charge in [0.25, 0.3) is 5.91 Å². The highest BCUT2D eigenvalue weighted by atomic mass is 32.2. The van der Waals surface area contributed by atoms with Gasteiger partial charge < -0.3 is 14.3 Å². The lowest BCUT2D eigenvalue weighted by Gasteiger charge is -2.10. The van der Waals surface area contributed by atoms with Crippen molar-refractivity contribution in [2.75, 3.05) is 5.32 Å². The summed E-state index contributed by atoms with van der Waals surface area (Å²) < 4.78 is 7.45. The van der Waals surface area contributed by atoms with Crippen LogP contribution in [-0.2, 0) is 7.05 Å². The number of carbonyl (C=O) groups is 1. The summed E-state index contributed by atoms with van der Waals surface area (Å²) in [5.41, 5.74) is 1.41. The Morgan fingerprint density at radius 2 is 2.17 bits per heavy atom. The van der Waals surface area contributed by atoms with Crippen molar-refractivity contribution in [1.82, 2.24) is 9.55 Å². The van der Waals surface area contributed by atoms with Crippen molar-refractivity contribution in [2.45, 2.75) is 28.8 Å². The van der Waals surface area contributed by atoms with Crippen LogP contribution in [0, 0.1) is 0 Å². The fourth-order valence-electron chi connectivity index (χ4n) is 2.57. The number of nitrogens with one attached hydrogen (secondary N) is 1. The Morgan fingerprint density at radius 1 is 1.33 bits per heavy atom. The number of aromatic nitrogens is 2. The summed E-state index contributed by atoms with van der Waals surface area (Å²) in [4.78, 5) is 17.9. The van der Waals surface area contributed by atoms with E-state index in [1.54, 1.807) is 18.5 Å². The van der Waals surface area contributed by atoms with E-state index in [1.165, 1.54) is 11.8 Å². The van der Waals surface area contributed by atoms with Crippen LogP contribution in [0.1, 0.15) is 34.9 Å². The minimum absolute atomic E-state index is 0.126. The third-order valence-electron chi connectivity index (χ3n) is 4.00. The van der Waals surface area contributed by atoms with E-state index in [-0.39, 0.29) is 5.91 Å². The topological polar surface area (TPSA) is 60.1 Å². The van der Waals surface area contributed by atoms with E-state index in [0.717, 1.165) is 34.3 Å². The van der Waals surface area contributed by atoms with Crippen molar-refractivity contribution in [3.05, 3.63) is 60.3 Å². The Bertz CT molecular complexity index is 880. The van der Waals surface area contributed by atoms with E-state index in [9.17, 15) is 4.79 Å². The Labute approximate surface area is 144 Å². The number of anilines is 1. The molecule has 2 aromatic heterocycles. The first-order valence-corrected chi connectivity index (χ1v) is 8.67. The average molecular weight is 339 g/mol. The highest BCUT2D eigenvalue weighted by Gasteiger charge is 2.31. The summed E-state index contributed by atoms with van der Waals surface area (Å²) in [6.07, 6.45) is 7.45. The molecule has 1 aliphatic carbocycles. The number of carbonyl (C=O) groups excluding carboxylic acids is 1. The average Bonchev–Trinajstić information content (AvgIpc) is 3.17. The van der Waals surface area contributed by atoms with Crippen molar-refractivity contribution >= 4 is 23.4 Å². The number of benzene rings is 1. The number of nitrogens with zero attached hydrogens (tertiary/aromatic N) is 2. The van der Waals surface area contributed by atoms with Crippen molar-refractivity contribution in [3.63, 3.8) is 0 Å². The van der Waals surface area contributed by atoms with E-state index >= 15 is 0 Å². The number of hydrogen-bond donors (Lipinski definition) is 1. The Morgan fingerprint density at radius 3 is 2.92 bits per heavy atom. The van der Waals surface area contributed by atoms with Crippen LogP contribution >= 0.6 is 11.8 Å². The molecule has 2 heterocycles. The van der Waals surface area contributed by atoms with Crippen LogP contribution < -0.4 is 5.32 Å². The summed E-state index contributed by atoms with van der Waals surface area (Å²) in [6.45, 7) is 0. The summed E-state index contributed by atoms with van der Waals surface area (Å²) in [5.74, 6) is 1.08. The molecule has 1 saturated carbocycles. The normalized spacial score (nSPS) is 13.9. The zero-order valence-electron chi connectivity index (χ0n) is 13.2. The summed E-state index contributed by atoms with van der Waals surface area (Å²) in [7, 11) is 1.95. The Hall–Kier alpha value is -2.47. The molecule has 122 valence electrons. The molecule has 0 radical (unpaired) electrons. The Kier molecular flexibility index (Phi) is 3.90. The minimum atomic E-state index is -0.126. The van der Waals surface area contributed by atoms with Gasteiger partial charge in [0.15, 0.2) is 5.16 Å². The second-order valence-corrected chi connectivity index (χ2v) is 6.85. The summed E-state index contributed by atoms with van der Waals surface area (Å²) in [6, 6.07) is 9.49. The lowest BCUT2D eigenvalue weighted by Crippen LogP contribution is -2.13. The van der Waals surface area contributed by atoms with E-state index in [4.69, 9.17) is 4.42 Å². The van der Waals surface area contributed by atoms with Crippen LogP contribution in [0.5, 0.6) is 0 Å². The van der Waals surface area contributed by atoms with E-state index < -0.39 is 0 Å². The number of furan rings is 1. The van der Waals surface area contributed by atoms with Gasteiger partial charge in [-0.3, -0.25) is 4.79 Å². The molecule has 0 bridgehead atoms. The zero-order valence-corrected chi connectivity index (χ0v) is 14.0. The summed E-state index contributed by atoms with van der Waals surface area (Å²) in [5, 5.41) is 3.88. The second kappa shape index (κ2) is 6.20. The maximum Gasteiger partial charge on any atom is 0.259 e. The number of amides is 1. The van der Waals surface area contributed by atoms with Crippen LogP contribution in [0.4, 0.5) is 5.69 Å². The van der Waals surface area contributed by atoms with Crippen molar-refractivity contribution < 1.29 is 9.21 Å². The molecular formula is C18H17N3O2S. The molecule has 0 atom stereocenters. The van der Waals surface area contributed by atoms with Crippen LogP contribution in [-0.4, -0.2) is 15.5 Å². The van der Waals surface area contributed by atoms with Gasteiger partial charge in [0.05, 0.1) is 17.5 Å². The smallest absolute Gasteiger partial charge is 0.259 e. The van der Waals surface area contributed by atoms with Gasteiger partial charge >= 0.3 is 0 Å². The molecule has 0 spiro atoms. The number of rotatable bonds is 5. The van der Waals surface area contributed by atoms with Crippen molar-refractivity contribution in [3.8, 4) is 0 Å². The molecule has 1 amide bonds. The largest absolute Gasteiger partial charge is 0.468 e. The van der Waals surface area contributed by atoms with Gasteiger partial charge in [-0.2, -0.15) is 0 Å². The first-order valence-electron chi connectivity index (χ1n) is 7.85. The molecule has 1 N–H and O–H groups in total. The van der Waals surface area contributed by atoms with Gasteiger partial charge in [-0.1, -0.05) is 12.1 Å². The number of imidazole rings is 1. The first kappa shape index (κ1) is 15.1. The number of hydrogen-bond acceptors (Lipinski definition) is 4. The van der Waals surface area contributed by atoms with Crippen LogP contribution in [0.15, 0.2) is 63.5 Å². The van der Waals surface area contributed by atoms with Gasteiger partial charge in [0, 0.05) is 30.3 Å². The molecule has 24 heavy (non-hydrogen) atoms. The molecule has 6 heteroatoms. The molecule has 4 rings (SSSR count). The molecule has 3 aromatic rings. The molecular weight excluding hydrogens is 322 g/mol. The monoisotopic (exact) mass is 339 g/mol. The number of aryl methyl sites for hydroxylation is 1. The van der Waals surface area contributed by atoms with Crippen LogP contribution in [0.25, 0.3) is 0 Å². The van der Waals surface area contributed by atoms with Gasteiger partial charge in [-0.15, -0.1) is 0 Å². The maximum atomic E-state index is 12.6. The van der Waals surface area contributed by atoms with E-state index in [0.29, 0.717) is 11.5 Å². The third kappa shape index (κ3) is 2.97. The van der Waals surface area contributed by atoms with E-state index in [1.807, 2.05) is 42.1 Å². The third-order valence-corrected chi connectivity index (χ3v) is 5.15. The fourth-order valence-corrected chi connectivity index (χ4v) is 3.46. The lowest BCUT2D eigenvalue weighted by molar-refractivity contribution is 0.102. The van der Waals surface area contributed by atoms with Crippen molar-refractivity contribution in [2.24, 2.45) is 7.05 Å². The maximum absolute atomic E-state index is 12.6. The highest BCUT2D eigenvalue weighted by Crippen LogP contribution is 2.42. The van der Waals surface area contributed by atoms with Gasteiger partial charge in [-0.05, 0) is 42.8 Å². The van der Waals surface area contributed by atoms with Gasteiger partial charge in [0.1, 0.15) is 5.76 Å². The zero-order chi connectivity index (χ0) is 16.5. The first-order chi connectivity index (χ1) is 11.7. The molecule has 0 saturated heterocycles. The Balaban J connectivity index is 1.57. The standard InChI is InChI=1S/C18H17N3O2S/c1-21-10-9-19-18(21)24-15-5-3-2-4-14(15)20-17(22)13-8-11-23-16(13)12-6-7-12/h2-5,8-12H,6-7H2,1H3,(H,20,22). The highest BCUT2D eigenvalue weighted by molar-refractivity contribution is 7.99. The molecule has 0 aliphatic heterocycles. The predicted octanol–water partition coefficient (Wildman–Crippen LogP) is 4.29. The van der Waals surface area contributed by atoms with E-state index in [2.05, 4.69) is 10.3 Å². The second-order valence-electron chi connectivity index (χ2n) is 5.85. The lowest BCUT2D eigenvalue weighted by atomic mass is 10.1. The SMILES string of the molecule is Cn1ccnc1Sc1ccccc1NC(=O)c1ccoc1C1CC1. The quantitative estimate of drug-likeness (QED) is 0.753. The minimum Gasteiger partial charge on any atom is -0.468 e. The molecule has 0 unspecified atom stereocenters. The molecule has 1 fully saturated rings. The van der Waals surface area contributed by atoms with Crippen molar-refractivity contribution in [1.29, 1.82) is 0 Å². The number of para-hydroxylation sites is 1. The predicted molar refractivity (Wildman–Crippen MR) is 92.4 cm³/mol. The van der Waals surface area contributed by atoms with Crippen LogP contribution in [0.3, 0.4) is 0 Å². The molecule has 1 aromatic carbocycles. The molecule has 5 nitrogen and oxygen atoms in total. The fraction of sp³-hybridized carbons (Fsp3) is 0.222. The molecule has 1 aliphatic rings. The van der Waals surface area contributed by atoms with Gasteiger partial charge in [-0.25, -0.2) is 4.98 Å². The van der Waals surface area contributed by atoms with Gasteiger partial charge in [0.2, 0.25) is 0 Å².